The lowest BCUT2D eigenvalue weighted by molar-refractivity contribution is 1.21. The van der Waals surface area contributed by atoms with Crippen molar-refractivity contribution < 1.29 is 0 Å². The Hall–Kier alpha value is -7.94. The van der Waals surface area contributed by atoms with Crippen molar-refractivity contribution in [1.82, 2.24) is 0 Å². The molecule has 0 saturated heterocycles. The highest BCUT2D eigenvalue weighted by Crippen LogP contribution is 2.48. The zero-order chi connectivity index (χ0) is 40.4. The molecule has 60 heavy (non-hydrogen) atoms. The van der Waals surface area contributed by atoms with Gasteiger partial charge in [-0.15, -0.1) is 0 Å². The van der Waals surface area contributed by atoms with Crippen molar-refractivity contribution in [2.24, 2.45) is 0 Å². The molecule has 0 amide bonds. The van der Waals surface area contributed by atoms with Gasteiger partial charge in [-0.25, -0.2) is 0 Å². The van der Waals surface area contributed by atoms with Gasteiger partial charge in [0, 0.05) is 34.1 Å². The molecular weight excluding hydrogens is 725 g/mol. The number of hydrogen-bond donors (Lipinski definition) is 0. The van der Waals surface area contributed by atoms with Crippen LogP contribution in [0.2, 0.25) is 0 Å². The molecule has 0 bridgehead atoms. The van der Waals surface area contributed by atoms with Crippen molar-refractivity contribution in [1.29, 1.82) is 0 Å². The van der Waals surface area contributed by atoms with Crippen molar-refractivity contribution in [3.8, 4) is 22.3 Å². The van der Waals surface area contributed by atoms with Crippen LogP contribution < -0.4 is 9.80 Å². The summed E-state index contributed by atoms with van der Waals surface area (Å²) in [5, 5.41) is 9.54. The standard InChI is InChI=1S/C58H42N2/c1-3-18-47(4-2)59(48-23-8-5-9-24-48)51-33-35-53-55(39-51)57(45-31-29-41-19-14-16-21-43(41)37-45)54-36-34-52(60(49-25-10-6-11-26-49)50-27-12-7-13-28-50)40-56(54)58(53)46-32-30-42-20-15-17-22-44(42)38-46/h3-40H,1-2H2/b47-18+. The molecule has 2 nitrogen and oxygen atoms in total. The molecule has 10 aromatic carbocycles. The number of nitrogens with zero attached hydrogens (tertiary/aromatic N) is 2. The normalized spacial score (nSPS) is 11.6. The molecule has 0 aliphatic carbocycles. The van der Waals surface area contributed by atoms with Crippen LogP contribution in [0.15, 0.2) is 249 Å². The van der Waals surface area contributed by atoms with E-state index in [0.29, 0.717) is 0 Å². The van der Waals surface area contributed by atoms with Crippen LogP contribution >= 0.6 is 0 Å². The quantitative estimate of drug-likeness (QED) is 0.101. The van der Waals surface area contributed by atoms with E-state index in [0.717, 1.165) is 39.5 Å². The van der Waals surface area contributed by atoms with Crippen LogP contribution in [0.4, 0.5) is 28.4 Å². The molecule has 284 valence electrons. The largest absolute Gasteiger partial charge is 0.311 e. The molecule has 0 aromatic heterocycles. The first-order chi connectivity index (χ1) is 29.7. The van der Waals surface area contributed by atoms with E-state index in [1.807, 2.05) is 18.2 Å². The molecule has 0 fully saturated rings. The molecule has 0 aliphatic rings. The summed E-state index contributed by atoms with van der Waals surface area (Å²) in [6.45, 7) is 8.28. The lowest BCUT2D eigenvalue weighted by Gasteiger charge is -2.28. The number of fused-ring (bicyclic) bond motifs is 4. The van der Waals surface area contributed by atoms with Crippen LogP contribution in [0.5, 0.6) is 0 Å². The van der Waals surface area contributed by atoms with Crippen molar-refractivity contribution in [2.45, 2.75) is 0 Å². The molecule has 0 radical (unpaired) electrons. The minimum absolute atomic E-state index is 0.935. The highest BCUT2D eigenvalue weighted by atomic mass is 15.1. The molecular formula is C58H42N2. The minimum atomic E-state index is 0.935. The van der Waals surface area contributed by atoms with Crippen molar-refractivity contribution in [3.63, 3.8) is 0 Å². The minimum Gasteiger partial charge on any atom is -0.311 e. The second-order valence-corrected chi connectivity index (χ2v) is 15.0. The summed E-state index contributed by atoms with van der Waals surface area (Å²) in [5.74, 6) is 0. The number of para-hydroxylation sites is 3. The summed E-state index contributed by atoms with van der Waals surface area (Å²) >= 11 is 0. The van der Waals surface area contributed by atoms with Gasteiger partial charge in [-0.2, -0.15) is 0 Å². The summed E-state index contributed by atoms with van der Waals surface area (Å²) in [4.78, 5) is 4.62. The van der Waals surface area contributed by atoms with E-state index in [4.69, 9.17) is 0 Å². The number of rotatable bonds is 10. The Morgan fingerprint density at radius 3 is 1.27 bits per heavy atom. The smallest absolute Gasteiger partial charge is 0.0468 e. The van der Waals surface area contributed by atoms with Gasteiger partial charge in [0.25, 0.3) is 0 Å². The highest BCUT2D eigenvalue weighted by molar-refractivity contribution is 6.23. The van der Waals surface area contributed by atoms with Crippen LogP contribution in [-0.2, 0) is 0 Å². The maximum absolute atomic E-state index is 4.23. The number of hydrogen-bond acceptors (Lipinski definition) is 2. The zero-order valence-corrected chi connectivity index (χ0v) is 33.2. The van der Waals surface area contributed by atoms with Crippen LogP contribution in [0.1, 0.15) is 0 Å². The Bertz CT molecular complexity index is 3200. The molecule has 0 saturated carbocycles. The third kappa shape index (κ3) is 6.61. The third-order valence-electron chi connectivity index (χ3n) is 11.5. The monoisotopic (exact) mass is 766 g/mol. The molecule has 10 rings (SSSR count). The molecule has 0 N–H and O–H groups in total. The average molecular weight is 767 g/mol. The molecule has 10 aromatic rings. The van der Waals surface area contributed by atoms with E-state index in [-0.39, 0.29) is 0 Å². The first-order valence-electron chi connectivity index (χ1n) is 20.4. The fourth-order valence-corrected chi connectivity index (χ4v) is 8.77. The van der Waals surface area contributed by atoms with E-state index < -0.39 is 0 Å². The van der Waals surface area contributed by atoms with E-state index in [1.165, 1.54) is 60.0 Å². The van der Waals surface area contributed by atoms with Gasteiger partial charge in [-0.3, -0.25) is 0 Å². The fraction of sp³-hybridized carbons (Fsp3) is 0. The average Bonchev–Trinajstić information content (AvgIpc) is 3.31. The number of benzene rings is 10. The van der Waals surface area contributed by atoms with E-state index in [1.54, 1.807) is 0 Å². The van der Waals surface area contributed by atoms with Gasteiger partial charge >= 0.3 is 0 Å². The summed E-state index contributed by atoms with van der Waals surface area (Å²) in [7, 11) is 0. The molecule has 0 aliphatic heterocycles. The van der Waals surface area contributed by atoms with Gasteiger partial charge in [-0.1, -0.05) is 159 Å². The SMILES string of the molecule is C=C/C=C(\C=C)N(c1ccccc1)c1ccc2c(-c3ccc4ccccc4c3)c3cc(N(c4ccccc4)c4ccccc4)ccc3c(-c3ccc4ccccc4c3)c2c1. The van der Waals surface area contributed by atoms with Crippen LogP contribution in [-0.4, -0.2) is 0 Å². The zero-order valence-electron chi connectivity index (χ0n) is 33.2. The summed E-state index contributed by atoms with van der Waals surface area (Å²) in [6, 6.07) is 76.8. The van der Waals surface area contributed by atoms with Crippen LogP contribution in [0.3, 0.4) is 0 Å². The number of allylic oxidation sites excluding steroid dienone is 3. The second-order valence-electron chi connectivity index (χ2n) is 15.0. The Morgan fingerprint density at radius 2 is 0.783 bits per heavy atom. The lowest BCUT2D eigenvalue weighted by Crippen LogP contribution is -2.15. The molecule has 0 spiro atoms. The second kappa shape index (κ2) is 15.8. The maximum Gasteiger partial charge on any atom is 0.0468 e. The van der Waals surface area contributed by atoms with Gasteiger partial charge in [0.15, 0.2) is 0 Å². The van der Waals surface area contributed by atoms with E-state index in [9.17, 15) is 0 Å². The molecule has 0 unspecified atom stereocenters. The van der Waals surface area contributed by atoms with E-state index >= 15 is 0 Å². The van der Waals surface area contributed by atoms with Gasteiger partial charge in [0.2, 0.25) is 0 Å². The summed E-state index contributed by atoms with van der Waals surface area (Å²) in [5.41, 5.74) is 11.0. The van der Waals surface area contributed by atoms with Gasteiger partial charge in [0.05, 0.1) is 0 Å². The van der Waals surface area contributed by atoms with Crippen molar-refractivity contribution >= 4 is 71.5 Å². The summed E-state index contributed by atoms with van der Waals surface area (Å²) < 4.78 is 0. The topological polar surface area (TPSA) is 6.48 Å². The van der Waals surface area contributed by atoms with Crippen LogP contribution in [0, 0.1) is 0 Å². The van der Waals surface area contributed by atoms with Gasteiger partial charge < -0.3 is 9.80 Å². The first-order valence-corrected chi connectivity index (χ1v) is 20.4. The molecule has 2 heteroatoms. The Labute approximate surface area is 351 Å². The summed E-state index contributed by atoms with van der Waals surface area (Å²) in [6.07, 6.45) is 5.74. The Kier molecular flexibility index (Phi) is 9.57. The molecule has 0 atom stereocenters. The van der Waals surface area contributed by atoms with E-state index in [2.05, 4.69) is 235 Å². The van der Waals surface area contributed by atoms with Gasteiger partial charge in [-0.05, 0) is 150 Å². The Balaban J connectivity index is 1.34. The van der Waals surface area contributed by atoms with Crippen molar-refractivity contribution in [2.75, 3.05) is 9.80 Å². The maximum atomic E-state index is 4.23. The van der Waals surface area contributed by atoms with Gasteiger partial charge in [0.1, 0.15) is 0 Å². The fourth-order valence-electron chi connectivity index (χ4n) is 8.77. The number of anilines is 5. The van der Waals surface area contributed by atoms with Crippen molar-refractivity contribution in [3.05, 3.63) is 249 Å². The van der Waals surface area contributed by atoms with Crippen LogP contribution in [0.25, 0.3) is 65.3 Å². The predicted molar refractivity (Wildman–Crippen MR) is 259 cm³/mol. The highest BCUT2D eigenvalue weighted by Gasteiger charge is 2.22. The lowest BCUT2D eigenvalue weighted by atomic mass is 9.84. The Morgan fingerprint density at radius 1 is 0.350 bits per heavy atom. The molecule has 0 heterocycles. The first kappa shape index (κ1) is 36.4. The third-order valence-corrected chi connectivity index (χ3v) is 11.5. The predicted octanol–water partition coefficient (Wildman–Crippen LogP) is 16.5.